The average molecular weight is 207 g/mol. The van der Waals surface area contributed by atoms with E-state index in [4.69, 9.17) is 5.84 Å². The average Bonchev–Trinajstić information content (AvgIpc) is 2.27. The third-order valence-electron chi connectivity index (χ3n) is 2.67. The zero-order valence-electron chi connectivity index (χ0n) is 9.61. The highest BCUT2D eigenvalue weighted by Crippen LogP contribution is 2.21. The Bertz CT molecular complexity index is 261. The summed E-state index contributed by atoms with van der Waals surface area (Å²) in [6, 6.07) is 6.11. The van der Waals surface area contributed by atoms with Crippen LogP contribution < -0.4 is 11.3 Å². The van der Waals surface area contributed by atoms with Crippen molar-refractivity contribution in [2.24, 2.45) is 11.8 Å². The van der Waals surface area contributed by atoms with Crippen LogP contribution >= 0.6 is 0 Å². The van der Waals surface area contributed by atoms with Gasteiger partial charge in [-0.1, -0.05) is 32.8 Å². The minimum Gasteiger partial charge on any atom is -0.271 e. The maximum atomic E-state index is 5.56. The second-order valence-corrected chi connectivity index (χ2v) is 4.10. The van der Waals surface area contributed by atoms with Gasteiger partial charge >= 0.3 is 0 Å². The van der Waals surface area contributed by atoms with Crippen molar-refractivity contribution in [1.29, 1.82) is 0 Å². The van der Waals surface area contributed by atoms with Gasteiger partial charge in [-0.25, -0.2) is 0 Å². The van der Waals surface area contributed by atoms with E-state index in [1.807, 2.05) is 24.4 Å². The highest BCUT2D eigenvalue weighted by atomic mass is 15.2. The van der Waals surface area contributed by atoms with Crippen LogP contribution in [0, 0.1) is 5.92 Å². The summed E-state index contributed by atoms with van der Waals surface area (Å²) in [6.07, 6.45) is 5.32. The minimum absolute atomic E-state index is 0.174. The van der Waals surface area contributed by atoms with Crippen molar-refractivity contribution in [3.63, 3.8) is 0 Å². The van der Waals surface area contributed by atoms with E-state index in [-0.39, 0.29) is 6.04 Å². The lowest BCUT2D eigenvalue weighted by Crippen LogP contribution is -2.30. The lowest BCUT2D eigenvalue weighted by Gasteiger charge is -2.19. The van der Waals surface area contributed by atoms with Crippen molar-refractivity contribution in [2.75, 3.05) is 0 Å². The number of rotatable bonds is 6. The third-order valence-corrected chi connectivity index (χ3v) is 2.67. The molecule has 0 amide bonds. The monoisotopic (exact) mass is 207 g/mol. The fourth-order valence-corrected chi connectivity index (χ4v) is 1.87. The van der Waals surface area contributed by atoms with Gasteiger partial charge in [0.1, 0.15) is 0 Å². The summed E-state index contributed by atoms with van der Waals surface area (Å²) in [5.74, 6) is 6.24. The van der Waals surface area contributed by atoms with E-state index in [0.717, 1.165) is 12.1 Å². The molecule has 0 bridgehead atoms. The molecule has 0 radical (unpaired) electrons. The summed E-state index contributed by atoms with van der Waals surface area (Å²) >= 11 is 0. The second kappa shape index (κ2) is 6.53. The van der Waals surface area contributed by atoms with Crippen LogP contribution in [0.5, 0.6) is 0 Å². The van der Waals surface area contributed by atoms with Crippen LogP contribution in [0.1, 0.15) is 44.8 Å². The van der Waals surface area contributed by atoms with Crippen molar-refractivity contribution in [3.8, 4) is 0 Å². The van der Waals surface area contributed by atoms with Crippen LogP contribution in [0.25, 0.3) is 0 Å². The lowest BCUT2D eigenvalue weighted by atomic mass is 9.96. The number of nitrogens with two attached hydrogens (primary N) is 1. The molecule has 2 atom stereocenters. The first-order chi connectivity index (χ1) is 7.27. The van der Waals surface area contributed by atoms with Gasteiger partial charge in [-0.15, -0.1) is 0 Å². The Morgan fingerprint density at radius 1 is 1.47 bits per heavy atom. The van der Waals surface area contributed by atoms with Crippen molar-refractivity contribution in [3.05, 3.63) is 30.1 Å². The quantitative estimate of drug-likeness (QED) is 0.556. The van der Waals surface area contributed by atoms with Crippen LogP contribution in [0.15, 0.2) is 24.4 Å². The van der Waals surface area contributed by atoms with Crippen molar-refractivity contribution < 1.29 is 0 Å². The molecule has 15 heavy (non-hydrogen) atoms. The summed E-state index contributed by atoms with van der Waals surface area (Å²) in [5, 5.41) is 0. The van der Waals surface area contributed by atoms with E-state index in [1.54, 1.807) is 0 Å². The predicted molar refractivity (Wildman–Crippen MR) is 63.0 cm³/mol. The standard InChI is InChI=1S/C12H21N3/c1-3-6-10(2)9-12(15-13)11-7-4-5-8-14-11/h4-5,7-8,10,12,15H,3,6,9,13H2,1-2H3. The van der Waals surface area contributed by atoms with E-state index < -0.39 is 0 Å². The van der Waals surface area contributed by atoms with Gasteiger partial charge in [0.15, 0.2) is 0 Å². The first kappa shape index (κ1) is 12.1. The molecule has 0 saturated heterocycles. The molecule has 0 fully saturated rings. The van der Waals surface area contributed by atoms with Gasteiger partial charge in [0.2, 0.25) is 0 Å². The lowest BCUT2D eigenvalue weighted by molar-refractivity contribution is 0.389. The maximum absolute atomic E-state index is 5.56. The Morgan fingerprint density at radius 2 is 2.27 bits per heavy atom. The van der Waals surface area contributed by atoms with E-state index in [0.29, 0.717) is 5.92 Å². The topological polar surface area (TPSA) is 50.9 Å². The predicted octanol–water partition coefficient (Wildman–Crippen LogP) is 2.41. The Labute approximate surface area is 92.1 Å². The van der Waals surface area contributed by atoms with Crippen LogP contribution in [-0.2, 0) is 0 Å². The summed E-state index contributed by atoms with van der Waals surface area (Å²) in [6.45, 7) is 4.47. The molecule has 2 unspecified atom stereocenters. The van der Waals surface area contributed by atoms with Gasteiger partial charge in [0.25, 0.3) is 0 Å². The first-order valence-electron chi connectivity index (χ1n) is 5.65. The van der Waals surface area contributed by atoms with Gasteiger partial charge in [-0.05, 0) is 24.5 Å². The van der Waals surface area contributed by atoms with E-state index in [9.17, 15) is 0 Å². The molecule has 1 aromatic rings. The van der Waals surface area contributed by atoms with Crippen LogP contribution in [0.3, 0.4) is 0 Å². The normalized spacial score (nSPS) is 14.9. The number of hydrogen-bond acceptors (Lipinski definition) is 3. The molecular formula is C12H21N3. The smallest absolute Gasteiger partial charge is 0.0634 e. The van der Waals surface area contributed by atoms with E-state index >= 15 is 0 Å². The highest BCUT2D eigenvalue weighted by molar-refractivity contribution is 5.08. The second-order valence-electron chi connectivity index (χ2n) is 4.10. The Morgan fingerprint density at radius 3 is 2.80 bits per heavy atom. The SMILES string of the molecule is CCCC(C)CC(NN)c1ccccn1. The van der Waals surface area contributed by atoms with Gasteiger partial charge < -0.3 is 0 Å². The number of nitrogens with zero attached hydrogens (tertiary/aromatic N) is 1. The third kappa shape index (κ3) is 3.98. The molecule has 3 heteroatoms. The number of aromatic nitrogens is 1. The van der Waals surface area contributed by atoms with Crippen molar-refractivity contribution >= 4 is 0 Å². The van der Waals surface area contributed by atoms with Crippen molar-refractivity contribution in [2.45, 2.75) is 39.2 Å². The van der Waals surface area contributed by atoms with Gasteiger partial charge in [0, 0.05) is 6.20 Å². The zero-order valence-corrected chi connectivity index (χ0v) is 9.61. The Balaban J connectivity index is 2.56. The zero-order chi connectivity index (χ0) is 11.1. The number of pyridine rings is 1. The summed E-state index contributed by atoms with van der Waals surface area (Å²) < 4.78 is 0. The number of hydrogen-bond donors (Lipinski definition) is 2. The highest BCUT2D eigenvalue weighted by Gasteiger charge is 2.13. The largest absolute Gasteiger partial charge is 0.271 e. The maximum Gasteiger partial charge on any atom is 0.0634 e. The molecule has 0 aliphatic heterocycles. The summed E-state index contributed by atoms with van der Waals surface area (Å²) in [4.78, 5) is 4.32. The molecule has 3 N–H and O–H groups in total. The summed E-state index contributed by atoms with van der Waals surface area (Å²) in [7, 11) is 0. The minimum atomic E-state index is 0.174. The summed E-state index contributed by atoms with van der Waals surface area (Å²) in [5.41, 5.74) is 3.88. The number of hydrazine groups is 1. The Kier molecular flexibility index (Phi) is 5.29. The Hall–Kier alpha value is -0.930. The van der Waals surface area contributed by atoms with Gasteiger partial charge in [-0.3, -0.25) is 16.3 Å². The molecule has 0 saturated carbocycles. The first-order valence-corrected chi connectivity index (χ1v) is 5.65. The van der Waals surface area contributed by atoms with Crippen LogP contribution in [0.4, 0.5) is 0 Å². The molecule has 0 aromatic carbocycles. The van der Waals surface area contributed by atoms with E-state index in [1.165, 1.54) is 12.8 Å². The van der Waals surface area contributed by atoms with Crippen LogP contribution in [0.2, 0.25) is 0 Å². The number of nitrogens with one attached hydrogen (secondary N) is 1. The molecule has 1 heterocycles. The van der Waals surface area contributed by atoms with Gasteiger partial charge in [0.05, 0.1) is 11.7 Å². The van der Waals surface area contributed by atoms with Crippen LogP contribution in [-0.4, -0.2) is 4.98 Å². The van der Waals surface area contributed by atoms with E-state index in [2.05, 4.69) is 24.3 Å². The molecule has 1 rings (SSSR count). The molecule has 0 aliphatic rings. The molecule has 84 valence electrons. The fourth-order valence-electron chi connectivity index (χ4n) is 1.87. The van der Waals surface area contributed by atoms with Gasteiger partial charge in [-0.2, -0.15) is 0 Å². The van der Waals surface area contributed by atoms with Crippen molar-refractivity contribution in [1.82, 2.24) is 10.4 Å². The molecule has 0 aliphatic carbocycles. The fraction of sp³-hybridized carbons (Fsp3) is 0.583. The molecule has 1 aromatic heterocycles. The molecule has 0 spiro atoms. The molecular weight excluding hydrogens is 186 g/mol. The molecule has 3 nitrogen and oxygen atoms in total.